The van der Waals surface area contributed by atoms with Crippen molar-refractivity contribution in [2.45, 2.75) is 49.9 Å². The molecule has 3 saturated heterocycles. The van der Waals surface area contributed by atoms with E-state index in [0.29, 0.717) is 25.5 Å². The number of hydrogen-bond donors (Lipinski definition) is 2. The molecular formula is C33H29F5N8OS. The van der Waals surface area contributed by atoms with Gasteiger partial charge in [0.25, 0.3) is 5.92 Å². The zero-order valence-electron chi connectivity index (χ0n) is 25.5. The lowest BCUT2D eigenvalue weighted by Gasteiger charge is -2.34. The molecular weight excluding hydrogens is 651 g/mol. The van der Waals surface area contributed by atoms with Crippen molar-refractivity contribution >= 4 is 43.1 Å². The smallest absolute Gasteiger partial charge is 0.319 e. The van der Waals surface area contributed by atoms with Gasteiger partial charge in [-0.2, -0.15) is 20.5 Å². The third-order valence-corrected chi connectivity index (χ3v) is 11.2. The van der Waals surface area contributed by atoms with E-state index >= 15 is 4.39 Å². The maximum absolute atomic E-state index is 17.0. The number of nitriles is 2. The van der Waals surface area contributed by atoms with Crippen LogP contribution in [-0.4, -0.2) is 78.4 Å². The van der Waals surface area contributed by atoms with Crippen molar-refractivity contribution in [1.29, 1.82) is 10.5 Å². The van der Waals surface area contributed by atoms with Crippen LogP contribution in [0, 0.1) is 39.7 Å². The Balaban J connectivity index is 1.26. The molecule has 2 unspecified atom stereocenters. The SMILES string of the molecule is N#Cc1cc2c(N3CC4CCC(C3)N4)nc(OC[C@@]3(CN4CC[C@@H](F)C4)CC3(F)F)nc2c(F)c1-c1ccc(F)c2sc(N)c(C#N)c12. The number of nitrogen functional groups attached to an aromatic ring is 1. The van der Waals surface area contributed by atoms with E-state index in [1.165, 1.54) is 12.1 Å². The largest absolute Gasteiger partial charge is 0.463 e. The normalized spacial score (nSPS) is 26.2. The summed E-state index contributed by atoms with van der Waals surface area (Å²) in [7, 11) is 0. The van der Waals surface area contributed by atoms with Crippen LogP contribution in [-0.2, 0) is 0 Å². The quantitative estimate of drug-likeness (QED) is 0.243. The number of nitrogens with zero attached hydrogens (tertiary/aromatic N) is 6. The van der Waals surface area contributed by atoms with Gasteiger partial charge in [-0.3, -0.25) is 4.90 Å². The Labute approximate surface area is 275 Å². The Morgan fingerprint density at radius 1 is 1.08 bits per heavy atom. The molecule has 248 valence electrons. The molecule has 4 fully saturated rings. The molecule has 0 radical (unpaired) electrons. The van der Waals surface area contributed by atoms with Gasteiger partial charge in [-0.25, -0.2) is 22.0 Å². The number of rotatable bonds is 7. The zero-order chi connectivity index (χ0) is 33.5. The Morgan fingerprint density at radius 3 is 2.48 bits per heavy atom. The van der Waals surface area contributed by atoms with Crippen LogP contribution in [0.2, 0.25) is 0 Å². The maximum Gasteiger partial charge on any atom is 0.319 e. The standard InChI is InChI=1S/C33H29F5N8OS/c34-17-5-6-45(10-17)14-32(13-33(32,37)38)15-47-31-43-27-21(30(44-31)46-11-18-1-2-19(12-46)42-18)7-16(8-39)24(26(27)36)20-3-4-23(35)28-25(20)22(9-40)29(41)48-28/h3-4,7,17-19,42H,1-2,5-6,10-15,41H2/t17-,18?,19?,32+/m1/s1. The number of anilines is 2. The molecule has 2 aromatic heterocycles. The van der Waals surface area contributed by atoms with E-state index < -0.39 is 42.2 Å². The van der Waals surface area contributed by atoms with E-state index in [9.17, 15) is 28.1 Å². The molecule has 4 aliphatic rings. The number of nitrogens with one attached hydrogen (secondary N) is 1. The molecule has 15 heteroatoms. The summed E-state index contributed by atoms with van der Waals surface area (Å²) in [6, 6.07) is 7.90. The van der Waals surface area contributed by atoms with E-state index in [2.05, 4.69) is 15.3 Å². The van der Waals surface area contributed by atoms with Crippen molar-refractivity contribution < 1.29 is 26.7 Å². The van der Waals surface area contributed by atoms with Gasteiger partial charge in [0.15, 0.2) is 5.82 Å². The second-order valence-corrected chi connectivity index (χ2v) is 14.4. The Bertz CT molecular complexity index is 2070. The summed E-state index contributed by atoms with van der Waals surface area (Å²) in [5.41, 5.74) is 3.99. The summed E-state index contributed by atoms with van der Waals surface area (Å²) < 4.78 is 81.3. The summed E-state index contributed by atoms with van der Waals surface area (Å²) in [6.45, 7) is 0.997. The number of piperazine rings is 1. The van der Waals surface area contributed by atoms with Crippen LogP contribution in [0.5, 0.6) is 6.01 Å². The number of fused-ring (bicyclic) bond motifs is 4. The van der Waals surface area contributed by atoms with Crippen LogP contribution in [0.1, 0.15) is 36.8 Å². The van der Waals surface area contributed by atoms with Crippen molar-refractivity contribution in [3.63, 3.8) is 0 Å². The number of ether oxygens (including phenoxy) is 1. The molecule has 4 aromatic rings. The van der Waals surface area contributed by atoms with Gasteiger partial charge in [-0.05, 0) is 37.0 Å². The Hall–Kier alpha value is -4.31. The number of nitrogens with two attached hydrogens (primary N) is 1. The second-order valence-electron chi connectivity index (χ2n) is 13.3. The lowest BCUT2D eigenvalue weighted by molar-refractivity contribution is 0.0246. The zero-order valence-corrected chi connectivity index (χ0v) is 26.3. The minimum Gasteiger partial charge on any atom is -0.463 e. The van der Waals surface area contributed by atoms with Gasteiger partial charge in [-0.15, -0.1) is 11.3 Å². The highest BCUT2D eigenvalue weighted by molar-refractivity contribution is 7.23. The number of halogens is 5. The van der Waals surface area contributed by atoms with Crippen molar-refractivity contribution in [3.05, 3.63) is 41.0 Å². The number of alkyl halides is 3. The molecule has 48 heavy (non-hydrogen) atoms. The third kappa shape index (κ3) is 4.90. The molecule has 3 N–H and O–H groups in total. The number of likely N-dealkylation sites (tertiary alicyclic amines) is 1. The van der Waals surface area contributed by atoms with Crippen LogP contribution in [0.15, 0.2) is 18.2 Å². The maximum atomic E-state index is 17.0. The van der Waals surface area contributed by atoms with Gasteiger partial charge in [-0.1, -0.05) is 6.07 Å². The van der Waals surface area contributed by atoms with E-state index in [-0.39, 0.29) is 85.8 Å². The lowest BCUT2D eigenvalue weighted by atomic mass is 9.93. The molecule has 2 bridgehead atoms. The topological polar surface area (TPSA) is 127 Å². The molecule has 2 aromatic carbocycles. The van der Waals surface area contributed by atoms with E-state index in [1.54, 1.807) is 4.90 Å². The van der Waals surface area contributed by atoms with Gasteiger partial charge < -0.3 is 20.7 Å². The van der Waals surface area contributed by atoms with Gasteiger partial charge in [0, 0.05) is 67.6 Å². The summed E-state index contributed by atoms with van der Waals surface area (Å²) in [5.74, 6) is -4.32. The average molecular weight is 681 g/mol. The first-order chi connectivity index (χ1) is 23.0. The van der Waals surface area contributed by atoms with Gasteiger partial charge >= 0.3 is 6.01 Å². The van der Waals surface area contributed by atoms with Gasteiger partial charge in [0.2, 0.25) is 0 Å². The molecule has 0 amide bonds. The van der Waals surface area contributed by atoms with E-state index in [1.807, 2.05) is 17.0 Å². The van der Waals surface area contributed by atoms with Crippen LogP contribution in [0.4, 0.5) is 32.8 Å². The molecule has 3 aliphatic heterocycles. The number of aromatic nitrogens is 2. The van der Waals surface area contributed by atoms with Crippen LogP contribution >= 0.6 is 11.3 Å². The molecule has 9 nitrogen and oxygen atoms in total. The average Bonchev–Trinajstić information content (AvgIpc) is 3.44. The van der Waals surface area contributed by atoms with Gasteiger partial charge in [0.05, 0.1) is 27.3 Å². The molecule has 1 saturated carbocycles. The fraction of sp³-hybridized carbons (Fsp3) is 0.455. The molecule has 4 atom stereocenters. The summed E-state index contributed by atoms with van der Waals surface area (Å²) >= 11 is 0.849. The fourth-order valence-electron chi connectivity index (χ4n) is 7.64. The fourth-order valence-corrected chi connectivity index (χ4v) is 8.59. The van der Waals surface area contributed by atoms with Crippen molar-refractivity contribution in [1.82, 2.24) is 20.2 Å². The highest BCUT2D eigenvalue weighted by atomic mass is 32.1. The van der Waals surface area contributed by atoms with Gasteiger partial charge in [0.1, 0.15) is 41.0 Å². The van der Waals surface area contributed by atoms with Crippen LogP contribution < -0.4 is 20.7 Å². The number of benzene rings is 2. The van der Waals surface area contributed by atoms with E-state index in [4.69, 9.17) is 10.5 Å². The van der Waals surface area contributed by atoms with Crippen molar-refractivity contribution in [2.75, 3.05) is 50.0 Å². The second kappa shape index (κ2) is 11.1. The van der Waals surface area contributed by atoms with Crippen molar-refractivity contribution in [3.8, 4) is 29.3 Å². The predicted molar refractivity (Wildman–Crippen MR) is 170 cm³/mol. The highest BCUT2D eigenvalue weighted by Crippen LogP contribution is 2.61. The molecule has 1 aliphatic carbocycles. The highest BCUT2D eigenvalue weighted by Gasteiger charge is 2.72. The molecule has 5 heterocycles. The minimum absolute atomic E-state index is 0.0377. The monoisotopic (exact) mass is 680 g/mol. The number of hydrogen-bond acceptors (Lipinski definition) is 10. The predicted octanol–water partition coefficient (Wildman–Crippen LogP) is 5.50. The third-order valence-electron chi connectivity index (χ3n) is 10.2. The number of thiophene rings is 1. The first kappa shape index (κ1) is 31.0. The Morgan fingerprint density at radius 2 is 1.83 bits per heavy atom. The van der Waals surface area contributed by atoms with E-state index in [0.717, 1.165) is 30.2 Å². The van der Waals surface area contributed by atoms with Crippen LogP contribution in [0.25, 0.3) is 32.1 Å². The minimum atomic E-state index is -3.03. The van der Waals surface area contributed by atoms with Crippen LogP contribution in [0.3, 0.4) is 0 Å². The first-order valence-electron chi connectivity index (χ1n) is 15.7. The lowest BCUT2D eigenvalue weighted by Crippen LogP contribution is -2.51. The molecule has 8 rings (SSSR count). The van der Waals surface area contributed by atoms with Crippen molar-refractivity contribution in [2.24, 2.45) is 5.41 Å². The summed E-state index contributed by atoms with van der Waals surface area (Å²) in [6.07, 6.45) is 0.657. The summed E-state index contributed by atoms with van der Waals surface area (Å²) in [5, 5.41) is 24.0. The first-order valence-corrected chi connectivity index (χ1v) is 16.6. The summed E-state index contributed by atoms with van der Waals surface area (Å²) in [4.78, 5) is 12.6. The molecule has 0 spiro atoms. The Kier molecular flexibility index (Phi) is 7.18.